The first kappa shape index (κ1) is 8.31. The van der Waals surface area contributed by atoms with Crippen molar-refractivity contribution in [3.63, 3.8) is 0 Å². The van der Waals surface area contributed by atoms with Gasteiger partial charge in [0.15, 0.2) is 0 Å². The van der Waals surface area contributed by atoms with E-state index >= 15 is 0 Å². The summed E-state index contributed by atoms with van der Waals surface area (Å²) >= 11 is 0. The van der Waals surface area contributed by atoms with Crippen LogP contribution < -0.4 is 5.32 Å². The van der Waals surface area contributed by atoms with Gasteiger partial charge in [0.05, 0.1) is 0 Å². The lowest BCUT2D eigenvalue weighted by Gasteiger charge is -2.15. The van der Waals surface area contributed by atoms with Crippen LogP contribution in [0.1, 0.15) is 20.3 Å². The molecule has 0 unspecified atom stereocenters. The quantitative estimate of drug-likeness (QED) is 0.643. The van der Waals surface area contributed by atoms with Gasteiger partial charge >= 0.3 is 0 Å². The van der Waals surface area contributed by atoms with Crippen LogP contribution >= 0.6 is 0 Å². The molecule has 0 aliphatic heterocycles. The highest BCUT2D eigenvalue weighted by Crippen LogP contribution is 2.22. The van der Waals surface area contributed by atoms with E-state index < -0.39 is 0 Å². The smallest absolute Gasteiger partial charge is 0.123 e. The molecule has 0 aromatic carbocycles. The van der Waals surface area contributed by atoms with E-state index in [1.54, 1.807) is 13.0 Å². The number of nitrogens with one attached hydrogen (secondary N) is 1. The van der Waals surface area contributed by atoms with Crippen molar-refractivity contribution in [2.75, 3.05) is 6.54 Å². The van der Waals surface area contributed by atoms with Crippen molar-refractivity contribution in [3.05, 3.63) is 29.6 Å². The highest BCUT2D eigenvalue weighted by Gasteiger charge is 2.10. The summed E-state index contributed by atoms with van der Waals surface area (Å²) in [6.45, 7) is 4.64. The number of hydrogen-bond donors (Lipinski definition) is 1. The van der Waals surface area contributed by atoms with Gasteiger partial charge in [0.2, 0.25) is 0 Å². The second kappa shape index (κ2) is 3.56. The molecule has 1 aliphatic rings. The average molecular weight is 154 g/mol. The van der Waals surface area contributed by atoms with Gasteiger partial charge in [-0.15, -0.1) is 0 Å². The molecule has 1 rings (SSSR count). The summed E-state index contributed by atoms with van der Waals surface area (Å²) in [5.74, 6) is -0.0940. The Labute approximate surface area is 67.0 Å². The SMILES string of the molecule is CCNC1=C(C)C(F)=CC[CH]1. The van der Waals surface area contributed by atoms with Gasteiger partial charge in [-0.05, 0) is 26.3 Å². The van der Waals surface area contributed by atoms with Gasteiger partial charge in [0, 0.05) is 24.2 Å². The van der Waals surface area contributed by atoms with E-state index in [0.717, 1.165) is 17.8 Å². The van der Waals surface area contributed by atoms with Crippen LogP contribution in [0.3, 0.4) is 0 Å². The summed E-state index contributed by atoms with van der Waals surface area (Å²) in [6.07, 6.45) is 4.30. The Morgan fingerprint density at radius 2 is 2.36 bits per heavy atom. The van der Waals surface area contributed by atoms with Gasteiger partial charge in [-0.25, -0.2) is 4.39 Å². The Kier molecular flexibility index (Phi) is 2.69. The van der Waals surface area contributed by atoms with Crippen LogP contribution in [0.4, 0.5) is 4.39 Å². The average Bonchev–Trinajstić information content (AvgIpc) is 1.99. The molecular formula is C9H13FN. The molecule has 1 aliphatic carbocycles. The number of halogens is 1. The van der Waals surface area contributed by atoms with E-state index in [1.165, 1.54) is 0 Å². The van der Waals surface area contributed by atoms with Crippen molar-refractivity contribution in [3.8, 4) is 0 Å². The van der Waals surface area contributed by atoms with Crippen LogP contribution in [-0.2, 0) is 0 Å². The lowest BCUT2D eigenvalue weighted by Crippen LogP contribution is -2.16. The third-order valence-electron chi connectivity index (χ3n) is 1.75. The summed E-state index contributed by atoms with van der Waals surface area (Å²) in [5.41, 5.74) is 1.66. The third kappa shape index (κ3) is 1.82. The normalized spacial score (nSPS) is 18.3. The Balaban J connectivity index is 2.74. The maximum absolute atomic E-state index is 12.9. The van der Waals surface area contributed by atoms with E-state index in [1.807, 2.05) is 13.3 Å². The molecule has 0 amide bonds. The maximum atomic E-state index is 12.9. The van der Waals surface area contributed by atoms with Gasteiger partial charge in [0.25, 0.3) is 0 Å². The van der Waals surface area contributed by atoms with E-state index in [9.17, 15) is 4.39 Å². The van der Waals surface area contributed by atoms with Crippen LogP contribution in [0.5, 0.6) is 0 Å². The molecule has 0 heterocycles. The predicted octanol–water partition coefficient (Wildman–Crippen LogP) is 2.33. The van der Waals surface area contributed by atoms with Crippen LogP contribution in [0.2, 0.25) is 0 Å². The van der Waals surface area contributed by atoms with Crippen LogP contribution in [0, 0.1) is 6.42 Å². The van der Waals surface area contributed by atoms with Crippen molar-refractivity contribution < 1.29 is 4.39 Å². The molecule has 0 atom stereocenters. The topological polar surface area (TPSA) is 12.0 Å². The Morgan fingerprint density at radius 1 is 1.64 bits per heavy atom. The first-order valence-corrected chi connectivity index (χ1v) is 3.89. The minimum atomic E-state index is -0.0940. The van der Waals surface area contributed by atoms with Gasteiger partial charge < -0.3 is 5.32 Å². The van der Waals surface area contributed by atoms with Crippen molar-refractivity contribution in [1.29, 1.82) is 0 Å². The third-order valence-corrected chi connectivity index (χ3v) is 1.75. The lowest BCUT2D eigenvalue weighted by molar-refractivity contribution is 0.631. The van der Waals surface area contributed by atoms with E-state index in [2.05, 4.69) is 5.32 Å². The zero-order valence-corrected chi connectivity index (χ0v) is 6.95. The largest absolute Gasteiger partial charge is 0.388 e. The van der Waals surface area contributed by atoms with E-state index in [0.29, 0.717) is 6.42 Å². The second-order valence-corrected chi connectivity index (χ2v) is 2.56. The molecule has 0 spiro atoms. The van der Waals surface area contributed by atoms with E-state index in [4.69, 9.17) is 0 Å². The fourth-order valence-electron chi connectivity index (χ4n) is 1.11. The van der Waals surface area contributed by atoms with Crippen molar-refractivity contribution in [2.24, 2.45) is 0 Å². The number of allylic oxidation sites excluding steroid dienone is 4. The molecular weight excluding hydrogens is 141 g/mol. The standard InChI is InChI=1S/C9H13FN/c1-3-11-9-6-4-5-8(10)7(9)2/h5-6,11H,3-4H2,1-2H3. The summed E-state index contributed by atoms with van der Waals surface area (Å²) in [7, 11) is 0. The Hall–Kier alpha value is -0.790. The fraction of sp³-hybridized carbons (Fsp3) is 0.444. The number of hydrogen-bond acceptors (Lipinski definition) is 1. The lowest BCUT2D eigenvalue weighted by atomic mass is 10.0. The van der Waals surface area contributed by atoms with Crippen LogP contribution in [0.25, 0.3) is 0 Å². The molecule has 2 heteroatoms. The molecule has 1 nitrogen and oxygen atoms in total. The van der Waals surface area contributed by atoms with E-state index in [-0.39, 0.29) is 5.83 Å². The van der Waals surface area contributed by atoms with Gasteiger partial charge in [0.1, 0.15) is 5.83 Å². The molecule has 0 aromatic heterocycles. The fourth-order valence-corrected chi connectivity index (χ4v) is 1.11. The molecule has 0 saturated heterocycles. The summed E-state index contributed by atoms with van der Waals surface area (Å²) in [6, 6.07) is 0. The molecule has 1 N–H and O–H groups in total. The van der Waals surface area contributed by atoms with Crippen LogP contribution in [-0.4, -0.2) is 6.54 Å². The zero-order chi connectivity index (χ0) is 8.27. The molecule has 0 saturated carbocycles. The number of rotatable bonds is 2. The Morgan fingerprint density at radius 3 is 3.00 bits per heavy atom. The van der Waals surface area contributed by atoms with Gasteiger partial charge in [-0.1, -0.05) is 0 Å². The summed E-state index contributed by atoms with van der Waals surface area (Å²) in [5, 5.41) is 3.11. The monoisotopic (exact) mass is 154 g/mol. The molecule has 0 bridgehead atoms. The maximum Gasteiger partial charge on any atom is 0.123 e. The van der Waals surface area contributed by atoms with Gasteiger partial charge in [-0.2, -0.15) is 0 Å². The summed E-state index contributed by atoms with van der Waals surface area (Å²) in [4.78, 5) is 0. The highest BCUT2D eigenvalue weighted by atomic mass is 19.1. The highest BCUT2D eigenvalue weighted by molar-refractivity contribution is 5.36. The summed E-state index contributed by atoms with van der Waals surface area (Å²) < 4.78 is 12.9. The first-order valence-electron chi connectivity index (χ1n) is 3.89. The van der Waals surface area contributed by atoms with Crippen molar-refractivity contribution in [2.45, 2.75) is 20.3 Å². The molecule has 0 aromatic rings. The minimum Gasteiger partial charge on any atom is -0.388 e. The molecule has 0 fully saturated rings. The van der Waals surface area contributed by atoms with Crippen molar-refractivity contribution >= 4 is 0 Å². The first-order chi connectivity index (χ1) is 5.25. The Bertz CT molecular complexity index is 204. The van der Waals surface area contributed by atoms with Crippen molar-refractivity contribution in [1.82, 2.24) is 5.32 Å². The second-order valence-electron chi connectivity index (χ2n) is 2.56. The van der Waals surface area contributed by atoms with Gasteiger partial charge in [-0.3, -0.25) is 0 Å². The van der Waals surface area contributed by atoms with Crippen LogP contribution in [0.15, 0.2) is 23.2 Å². The molecule has 61 valence electrons. The molecule has 1 radical (unpaired) electrons. The zero-order valence-electron chi connectivity index (χ0n) is 6.95. The molecule has 11 heavy (non-hydrogen) atoms. The minimum absolute atomic E-state index is 0.0940. The predicted molar refractivity (Wildman–Crippen MR) is 44.5 cm³/mol.